The maximum absolute atomic E-state index is 10.9. The minimum atomic E-state index is -0.863. The van der Waals surface area contributed by atoms with Crippen LogP contribution in [0.15, 0.2) is 42.7 Å². The van der Waals surface area contributed by atoms with Gasteiger partial charge in [-0.1, -0.05) is 37.3 Å². The highest BCUT2D eigenvalue weighted by Gasteiger charge is 2.22. The highest BCUT2D eigenvalue weighted by Crippen LogP contribution is 2.23. The number of aromatic nitrogens is 2. The van der Waals surface area contributed by atoms with Crippen molar-refractivity contribution in [1.29, 1.82) is 0 Å². The van der Waals surface area contributed by atoms with Crippen molar-refractivity contribution < 1.29 is 9.90 Å². The maximum Gasteiger partial charge on any atom is 0.407 e. The number of piperazine rings is 1. The first-order valence-electron chi connectivity index (χ1n) is 7.75. The van der Waals surface area contributed by atoms with Crippen LogP contribution in [0.5, 0.6) is 0 Å². The van der Waals surface area contributed by atoms with E-state index in [0.29, 0.717) is 32.1 Å². The van der Waals surface area contributed by atoms with Gasteiger partial charge < -0.3 is 14.9 Å². The van der Waals surface area contributed by atoms with Gasteiger partial charge in [0.05, 0.1) is 0 Å². The molecule has 1 aromatic heterocycles. The number of carbonyl (C=O) groups is 1. The number of carboxylic acid groups (broad SMARTS) is 1. The summed E-state index contributed by atoms with van der Waals surface area (Å²) in [6.07, 6.45) is 2.87. The predicted octanol–water partition coefficient (Wildman–Crippen LogP) is 2.43. The Labute approximate surface area is 135 Å². The molecule has 1 aromatic carbocycles. The lowest BCUT2D eigenvalue weighted by Gasteiger charge is -2.33. The van der Waals surface area contributed by atoms with Gasteiger partial charge in [0.1, 0.15) is 0 Å². The minimum absolute atomic E-state index is 0.245. The summed E-state index contributed by atoms with van der Waals surface area (Å²) in [4.78, 5) is 23.3. The van der Waals surface area contributed by atoms with E-state index >= 15 is 0 Å². The zero-order valence-corrected chi connectivity index (χ0v) is 13.1. The fraction of sp³-hybridized carbons (Fsp3) is 0.353. The van der Waals surface area contributed by atoms with E-state index in [1.807, 2.05) is 35.5 Å². The maximum atomic E-state index is 10.9. The van der Waals surface area contributed by atoms with Crippen molar-refractivity contribution in [2.45, 2.75) is 12.8 Å². The van der Waals surface area contributed by atoms with Crippen molar-refractivity contribution in [1.82, 2.24) is 14.9 Å². The van der Waals surface area contributed by atoms with Crippen molar-refractivity contribution in [3.63, 3.8) is 0 Å². The van der Waals surface area contributed by atoms with E-state index in [4.69, 9.17) is 5.11 Å². The summed E-state index contributed by atoms with van der Waals surface area (Å²) >= 11 is 0. The van der Waals surface area contributed by atoms with Crippen LogP contribution >= 0.6 is 0 Å². The lowest BCUT2D eigenvalue weighted by atomic mass is 9.96. The third-order valence-corrected chi connectivity index (χ3v) is 4.29. The number of rotatable bonds is 3. The molecule has 120 valence electrons. The summed E-state index contributed by atoms with van der Waals surface area (Å²) in [5.74, 6) is 0.910. The van der Waals surface area contributed by atoms with Crippen LogP contribution in [0.25, 0.3) is 0 Å². The van der Waals surface area contributed by atoms with Gasteiger partial charge in [-0.15, -0.1) is 0 Å². The average molecular weight is 312 g/mol. The normalized spacial score (nSPS) is 16.2. The van der Waals surface area contributed by atoms with Crippen molar-refractivity contribution >= 4 is 12.0 Å². The zero-order valence-electron chi connectivity index (χ0n) is 13.1. The second kappa shape index (κ2) is 6.64. The Balaban J connectivity index is 1.67. The molecule has 1 saturated heterocycles. The van der Waals surface area contributed by atoms with Gasteiger partial charge in [-0.05, 0) is 11.1 Å². The highest BCUT2D eigenvalue weighted by atomic mass is 16.4. The summed E-state index contributed by atoms with van der Waals surface area (Å²) in [5, 5.41) is 8.98. The quantitative estimate of drug-likeness (QED) is 0.942. The van der Waals surface area contributed by atoms with Crippen LogP contribution in [0.2, 0.25) is 0 Å². The molecule has 1 N–H and O–H groups in total. The molecule has 1 fully saturated rings. The summed E-state index contributed by atoms with van der Waals surface area (Å²) in [6, 6.07) is 10.3. The Morgan fingerprint density at radius 3 is 2.22 bits per heavy atom. The van der Waals surface area contributed by atoms with E-state index in [9.17, 15) is 4.79 Å². The lowest BCUT2D eigenvalue weighted by Crippen LogP contribution is -2.48. The summed E-state index contributed by atoms with van der Waals surface area (Å²) in [6.45, 7) is 4.36. The van der Waals surface area contributed by atoms with Crippen LogP contribution in [-0.4, -0.2) is 52.2 Å². The molecule has 6 nitrogen and oxygen atoms in total. The molecule has 1 aliphatic rings. The monoisotopic (exact) mass is 312 g/mol. The zero-order chi connectivity index (χ0) is 16.2. The minimum Gasteiger partial charge on any atom is -0.465 e. The van der Waals surface area contributed by atoms with E-state index in [0.717, 1.165) is 5.56 Å². The first-order chi connectivity index (χ1) is 11.1. The van der Waals surface area contributed by atoms with Crippen LogP contribution < -0.4 is 4.90 Å². The molecule has 1 unspecified atom stereocenters. The molecule has 23 heavy (non-hydrogen) atoms. The Morgan fingerprint density at radius 2 is 1.65 bits per heavy atom. The Hall–Kier alpha value is -2.63. The molecule has 2 aromatic rings. The molecule has 0 spiro atoms. The third-order valence-electron chi connectivity index (χ3n) is 4.29. The molecule has 1 amide bonds. The molecule has 0 bridgehead atoms. The molecule has 0 radical (unpaired) electrons. The van der Waals surface area contributed by atoms with Gasteiger partial charge in [0.2, 0.25) is 5.95 Å². The number of anilines is 1. The van der Waals surface area contributed by atoms with Gasteiger partial charge in [0.25, 0.3) is 0 Å². The smallest absolute Gasteiger partial charge is 0.407 e. The average Bonchev–Trinajstić information content (AvgIpc) is 2.62. The van der Waals surface area contributed by atoms with E-state index in [1.54, 1.807) is 0 Å². The first kappa shape index (κ1) is 15.3. The van der Waals surface area contributed by atoms with Crippen LogP contribution in [0.4, 0.5) is 10.7 Å². The van der Waals surface area contributed by atoms with Gasteiger partial charge >= 0.3 is 6.09 Å². The molecular formula is C17H20N4O2. The molecular weight excluding hydrogens is 292 g/mol. The van der Waals surface area contributed by atoms with Gasteiger partial charge in [0.15, 0.2) is 0 Å². The van der Waals surface area contributed by atoms with Crippen molar-refractivity contribution in [3.05, 3.63) is 53.9 Å². The van der Waals surface area contributed by atoms with Crippen molar-refractivity contribution in [2.24, 2.45) is 0 Å². The third kappa shape index (κ3) is 3.41. The summed E-state index contributed by atoms with van der Waals surface area (Å²) < 4.78 is 0. The van der Waals surface area contributed by atoms with Crippen LogP contribution in [0, 0.1) is 0 Å². The van der Waals surface area contributed by atoms with E-state index in [1.165, 1.54) is 10.5 Å². The predicted molar refractivity (Wildman–Crippen MR) is 87.8 cm³/mol. The molecule has 6 heteroatoms. The molecule has 2 heterocycles. The number of benzene rings is 1. The van der Waals surface area contributed by atoms with E-state index in [-0.39, 0.29) is 5.92 Å². The fourth-order valence-electron chi connectivity index (χ4n) is 2.75. The Kier molecular flexibility index (Phi) is 4.41. The van der Waals surface area contributed by atoms with Crippen LogP contribution in [0.3, 0.4) is 0 Å². The molecule has 1 atom stereocenters. The molecule has 3 rings (SSSR count). The number of hydrogen-bond donors (Lipinski definition) is 1. The SMILES string of the molecule is CC(c1ccccc1)c1cnc(N2CCN(C(=O)O)CC2)nc1. The van der Waals surface area contributed by atoms with Gasteiger partial charge in [0, 0.05) is 44.5 Å². The second-order valence-corrected chi connectivity index (χ2v) is 5.71. The van der Waals surface area contributed by atoms with E-state index < -0.39 is 6.09 Å². The van der Waals surface area contributed by atoms with Gasteiger partial charge in [-0.3, -0.25) is 0 Å². The molecule has 0 aliphatic carbocycles. The van der Waals surface area contributed by atoms with Crippen LogP contribution in [-0.2, 0) is 0 Å². The number of hydrogen-bond acceptors (Lipinski definition) is 4. The van der Waals surface area contributed by atoms with Gasteiger partial charge in [-0.2, -0.15) is 0 Å². The molecule has 1 aliphatic heterocycles. The van der Waals surface area contributed by atoms with E-state index in [2.05, 4.69) is 29.0 Å². The summed E-state index contributed by atoms with van der Waals surface area (Å²) in [7, 11) is 0. The highest BCUT2D eigenvalue weighted by molar-refractivity contribution is 5.65. The fourth-order valence-corrected chi connectivity index (χ4v) is 2.75. The molecule has 0 saturated carbocycles. The Bertz CT molecular complexity index is 652. The largest absolute Gasteiger partial charge is 0.465 e. The standard InChI is InChI=1S/C17H20N4O2/c1-13(14-5-3-2-4-6-14)15-11-18-16(19-12-15)20-7-9-21(10-8-20)17(22)23/h2-6,11-13H,7-10H2,1H3,(H,22,23). The Morgan fingerprint density at radius 1 is 1.04 bits per heavy atom. The summed E-state index contributed by atoms with van der Waals surface area (Å²) in [5.41, 5.74) is 2.31. The number of amides is 1. The second-order valence-electron chi connectivity index (χ2n) is 5.71. The number of nitrogens with zero attached hydrogens (tertiary/aromatic N) is 4. The van der Waals surface area contributed by atoms with Crippen molar-refractivity contribution in [3.8, 4) is 0 Å². The van der Waals surface area contributed by atoms with Crippen molar-refractivity contribution in [2.75, 3.05) is 31.1 Å². The van der Waals surface area contributed by atoms with Crippen LogP contribution in [0.1, 0.15) is 24.0 Å². The topological polar surface area (TPSA) is 69.6 Å². The van der Waals surface area contributed by atoms with Gasteiger partial charge in [-0.25, -0.2) is 14.8 Å². The first-order valence-corrected chi connectivity index (χ1v) is 7.75. The lowest BCUT2D eigenvalue weighted by molar-refractivity contribution is 0.142.